The van der Waals surface area contributed by atoms with Crippen molar-refractivity contribution in [1.82, 2.24) is 10.2 Å². The van der Waals surface area contributed by atoms with E-state index in [4.69, 9.17) is 9.47 Å². The number of carbonyl (C=O) groups excluding carboxylic acids is 2. The normalized spacial score (nSPS) is 11.7. The minimum Gasteiger partial charge on any atom is -0.493 e. The Morgan fingerprint density at radius 2 is 1.43 bits per heavy atom. The fourth-order valence-electron chi connectivity index (χ4n) is 4.73. The van der Waals surface area contributed by atoms with Crippen molar-refractivity contribution in [3.63, 3.8) is 0 Å². The van der Waals surface area contributed by atoms with Crippen LogP contribution in [0.15, 0.2) is 112 Å². The van der Waals surface area contributed by atoms with Crippen molar-refractivity contribution in [2.75, 3.05) is 32.1 Å². The van der Waals surface area contributed by atoms with Crippen molar-refractivity contribution < 1.29 is 27.5 Å². The Balaban J connectivity index is 1.78. The summed E-state index contributed by atoms with van der Waals surface area (Å²) in [6, 6.07) is 28.5. The van der Waals surface area contributed by atoms with Gasteiger partial charge in [0.05, 0.1) is 24.8 Å². The van der Waals surface area contributed by atoms with Gasteiger partial charge in [0, 0.05) is 30.6 Å². The van der Waals surface area contributed by atoms with E-state index in [-0.39, 0.29) is 29.5 Å². The number of hydrogen-bond acceptors (Lipinski definition) is 6. The molecule has 0 fully saturated rings. The van der Waals surface area contributed by atoms with Crippen LogP contribution in [-0.4, -0.2) is 59.0 Å². The fourth-order valence-corrected chi connectivity index (χ4v) is 6.43. The largest absolute Gasteiger partial charge is 0.493 e. The number of sulfonamides is 1. The number of methoxy groups -OCH3 is 2. The van der Waals surface area contributed by atoms with Crippen LogP contribution in [-0.2, 0) is 32.6 Å². The number of hydrogen-bond donors (Lipinski definition) is 1. The molecule has 4 aromatic rings. The summed E-state index contributed by atoms with van der Waals surface area (Å²) >= 11 is 3.44. The number of ether oxygens (including phenoxy) is 2. The number of nitrogens with zero attached hydrogens (tertiary/aromatic N) is 2. The summed E-state index contributed by atoms with van der Waals surface area (Å²) in [6.07, 6.45) is 0.233. The molecule has 0 heterocycles. The van der Waals surface area contributed by atoms with Crippen LogP contribution in [0.1, 0.15) is 11.1 Å². The third kappa shape index (κ3) is 7.78. The molecular formula is C33H34BrN3O6S. The first-order valence-corrected chi connectivity index (χ1v) is 16.0. The van der Waals surface area contributed by atoms with Crippen LogP contribution in [0.25, 0.3) is 0 Å². The monoisotopic (exact) mass is 679 g/mol. The van der Waals surface area contributed by atoms with Crippen molar-refractivity contribution in [3.8, 4) is 11.5 Å². The molecule has 4 rings (SSSR count). The molecule has 0 radical (unpaired) electrons. The highest BCUT2D eigenvalue weighted by Crippen LogP contribution is 2.32. The summed E-state index contributed by atoms with van der Waals surface area (Å²) in [4.78, 5) is 29.0. The molecule has 0 aromatic heterocycles. The van der Waals surface area contributed by atoms with Crippen molar-refractivity contribution in [1.29, 1.82) is 0 Å². The van der Waals surface area contributed by atoms with Gasteiger partial charge < -0.3 is 19.7 Å². The van der Waals surface area contributed by atoms with Gasteiger partial charge in [0.15, 0.2) is 11.5 Å². The highest BCUT2D eigenvalue weighted by molar-refractivity contribution is 9.10. The second-order valence-electron chi connectivity index (χ2n) is 9.83. The van der Waals surface area contributed by atoms with Crippen LogP contribution in [0.4, 0.5) is 5.69 Å². The van der Waals surface area contributed by atoms with Crippen LogP contribution < -0.4 is 19.1 Å². The van der Waals surface area contributed by atoms with E-state index in [1.54, 1.807) is 30.3 Å². The van der Waals surface area contributed by atoms with Gasteiger partial charge >= 0.3 is 0 Å². The molecule has 0 aliphatic rings. The number of carbonyl (C=O) groups is 2. The van der Waals surface area contributed by atoms with Gasteiger partial charge in [-0.05, 0) is 47.5 Å². The number of amides is 2. The Labute approximate surface area is 266 Å². The zero-order valence-electron chi connectivity index (χ0n) is 24.6. The van der Waals surface area contributed by atoms with Crippen molar-refractivity contribution in [2.45, 2.75) is 23.9 Å². The molecule has 11 heteroatoms. The maximum atomic E-state index is 14.3. The van der Waals surface area contributed by atoms with Gasteiger partial charge in [-0.2, -0.15) is 0 Å². The minimum absolute atomic E-state index is 0.0794. The molecule has 0 aliphatic carbocycles. The van der Waals surface area contributed by atoms with Crippen molar-refractivity contribution in [2.24, 2.45) is 0 Å². The lowest BCUT2D eigenvalue weighted by Gasteiger charge is -2.33. The lowest BCUT2D eigenvalue weighted by Crippen LogP contribution is -2.53. The first-order valence-electron chi connectivity index (χ1n) is 13.8. The summed E-state index contributed by atoms with van der Waals surface area (Å²) in [5, 5.41) is 2.68. The van der Waals surface area contributed by atoms with E-state index in [1.807, 2.05) is 54.6 Å². The molecule has 1 N–H and O–H groups in total. The Morgan fingerprint density at radius 3 is 2.02 bits per heavy atom. The zero-order chi connectivity index (χ0) is 31.7. The molecule has 0 saturated heterocycles. The topological polar surface area (TPSA) is 105 Å². The Kier molecular flexibility index (Phi) is 11.0. The van der Waals surface area contributed by atoms with E-state index in [0.717, 1.165) is 19.9 Å². The number of likely N-dealkylation sites (N-methyl/N-ethyl adjacent to an activating group) is 1. The van der Waals surface area contributed by atoms with Crippen molar-refractivity contribution >= 4 is 43.5 Å². The molecule has 0 saturated carbocycles. The summed E-state index contributed by atoms with van der Waals surface area (Å²) < 4.78 is 40.9. The third-order valence-corrected chi connectivity index (χ3v) is 9.35. The molecule has 0 spiro atoms. The minimum atomic E-state index is -4.29. The van der Waals surface area contributed by atoms with Gasteiger partial charge in [0.25, 0.3) is 10.0 Å². The molecule has 230 valence electrons. The maximum Gasteiger partial charge on any atom is 0.264 e. The molecule has 4 aromatic carbocycles. The van der Waals surface area contributed by atoms with Gasteiger partial charge in [-0.15, -0.1) is 0 Å². The molecule has 1 unspecified atom stereocenters. The van der Waals surface area contributed by atoms with E-state index < -0.39 is 28.5 Å². The van der Waals surface area contributed by atoms with Crippen LogP contribution in [0.3, 0.4) is 0 Å². The zero-order valence-corrected chi connectivity index (χ0v) is 27.0. The number of rotatable bonds is 13. The summed E-state index contributed by atoms with van der Waals surface area (Å²) in [5.41, 5.74) is 1.92. The Morgan fingerprint density at radius 1 is 0.818 bits per heavy atom. The quantitative estimate of drug-likeness (QED) is 0.212. The number of halogens is 1. The number of para-hydroxylation sites is 1. The number of benzene rings is 4. The maximum absolute atomic E-state index is 14.3. The van der Waals surface area contributed by atoms with Crippen LogP contribution in [0.5, 0.6) is 11.5 Å². The van der Waals surface area contributed by atoms with E-state index in [9.17, 15) is 18.0 Å². The van der Waals surface area contributed by atoms with Gasteiger partial charge in [0.1, 0.15) is 12.6 Å². The highest BCUT2D eigenvalue weighted by atomic mass is 79.9. The molecule has 2 amide bonds. The molecule has 1 atom stereocenters. The molecule has 9 nitrogen and oxygen atoms in total. The van der Waals surface area contributed by atoms with Gasteiger partial charge in [-0.1, -0.05) is 76.6 Å². The summed E-state index contributed by atoms with van der Waals surface area (Å²) in [6.45, 7) is -0.477. The second-order valence-corrected chi connectivity index (χ2v) is 12.6. The van der Waals surface area contributed by atoms with Gasteiger partial charge in [-0.25, -0.2) is 8.42 Å². The van der Waals surface area contributed by atoms with E-state index in [0.29, 0.717) is 11.4 Å². The number of nitrogens with one attached hydrogen (secondary N) is 1. The lowest BCUT2D eigenvalue weighted by atomic mass is 10.0. The van der Waals surface area contributed by atoms with Crippen LogP contribution in [0, 0.1) is 0 Å². The average Bonchev–Trinajstić information content (AvgIpc) is 3.06. The fraction of sp³-hybridized carbons (Fsp3) is 0.212. The molecule has 0 bridgehead atoms. The van der Waals surface area contributed by atoms with Crippen molar-refractivity contribution in [3.05, 3.63) is 119 Å². The predicted molar refractivity (Wildman–Crippen MR) is 173 cm³/mol. The van der Waals surface area contributed by atoms with Crippen LogP contribution in [0.2, 0.25) is 0 Å². The van der Waals surface area contributed by atoms with Gasteiger partial charge in [0.2, 0.25) is 11.8 Å². The second kappa shape index (κ2) is 14.9. The standard InChI is InChI=1S/C33H34BrN3O6S/c1-35-33(39)29(20-24-10-6-4-7-11-24)36(22-25-14-16-26(34)17-15-25)32(38)23-37(27-12-8-5-9-13-27)44(40,41)28-18-19-30(42-2)31(21-28)43-3/h4-19,21,29H,20,22-23H2,1-3H3,(H,35,39). The highest BCUT2D eigenvalue weighted by Gasteiger charge is 2.34. The van der Waals surface area contributed by atoms with E-state index in [1.165, 1.54) is 44.4 Å². The lowest BCUT2D eigenvalue weighted by molar-refractivity contribution is -0.139. The Bertz CT molecular complexity index is 1670. The average molecular weight is 681 g/mol. The smallest absolute Gasteiger partial charge is 0.264 e. The summed E-state index contributed by atoms with van der Waals surface area (Å²) in [5.74, 6) is -0.324. The third-order valence-electron chi connectivity index (χ3n) is 7.05. The SMILES string of the molecule is CNC(=O)C(Cc1ccccc1)N(Cc1ccc(Br)cc1)C(=O)CN(c1ccccc1)S(=O)(=O)c1ccc(OC)c(OC)c1. The van der Waals surface area contributed by atoms with Gasteiger partial charge in [-0.3, -0.25) is 13.9 Å². The van der Waals surface area contributed by atoms with Crippen LogP contribution >= 0.6 is 15.9 Å². The van der Waals surface area contributed by atoms with E-state index >= 15 is 0 Å². The number of anilines is 1. The Hall–Kier alpha value is -4.35. The molecule has 0 aliphatic heterocycles. The van der Waals surface area contributed by atoms with E-state index in [2.05, 4.69) is 21.2 Å². The summed E-state index contributed by atoms with van der Waals surface area (Å²) in [7, 11) is 0.101. The molecular weight excluding hydrogens is 646 g/mol. The molecule has 44 heavy (non-hydrogen) atoms. The predicted octanol–water partition coefficient (Wildman–Crippen LogP) is 5.05. The first kappa shape index (κ1) is 32.6. The first-order chi connectivity index (χ1) is 21.2.